The molecule has 1 saturated heterocycles. The quantitative estimate of drug-likeness (QED) is 0.741. The normalized spacial score (nSPS) is 28.3. The summed E-state index contributed by atoms with van der Waals surface area (Å²) >= 11 is 1.28. The number of fused-ring (bicyclic) bond motifs is 1. The summed E-state index contributed by atoms with van der Waals surface area (Å²) in [5.74, 6) is -1.25. The third-order valence-corrected chi connectivity index (χ3v) is 7.98. The third kappa shape index (κ3) is 3.49. The van der Waals surface area contributed by atoms with Crippen molar-refractivity contribution >= 4 is 34.7 Å². The van der Waals surface area contributed by atoms with Crippen LogP contribution in [0.3, 0.4) is 0 Å². The predicted octanol–water partition coefficient (Wildman–Crippen LogP) is 3.83. The lowest BCUT2D eigenvalue weighted by molar-refractivity contribution is -0.135. The molecule has 6 nitrogen and oxygen atoms in total. The van der Waals surface area contributed by atoms with Crippen molar-refractivity contribution in [3.05, 3.63) is 64.7 Å². The highest BCUT2D eigenvalue weighted by Gasteiger charge is 2.71. The van der Waals surface area contributed by atoms with Crippen LogP contribution in [0.2, 0.25) is 0 Å². The Kier molecular flexibility index (Phi) is 5.01. The van der Waals surface area contributed by atoms with Gasteiger partial charge in [-0.25, -0.2) is 8.78 Å². The summed E-state index contributed by atoms with van der Waals surface area (Å²) in [7, 11) is 0. The first-order chi connectivity index (χ1) is 15.8. The van der Waals surface area contributed by atoms with Crippen LogP contribution in [-0.2, 0) is 10.3 Å². The molecule has 2 aromatic rings. The van der Waals surface area contributed by atoms with Gasteiger partial charge in [-0.2, -0.15) is 5.26 Å². The Balaban J connectivity index is 1.49. The van der Waals surface area contributed by atoms with E-state index in [1.165, 1.54) is 48.3 Å². The Hall–Kier alpha value is -3.25. The number of likely N-dealkylation sites (tertiary alicyclic amines) is 1. The van der Waals surface area contributed by atoms with Crippen molar-refractivity contribution < 1.29 is 13.6 Å². The molecule has 1 aromatic carbocycles. The number of hydrogen-bond acceptors (Lipinski definition) is 6. The summed E-state index contributed by atoms with van der Waals surface area (Å²) in [5, 5.41) is 9.13. The Morgan fingerprint density at radius 3 is 2.79 bits per heavy atom. The first-order valence-corrected chi connectivity index (χ1v) is 11.5. The monoisotopic (exact) mass is 465 g/mol. The van der Waals surface area contributed by atoms with Crippen LogP contribution in [-0.4, -0.2) is 38.8 Å². The molecule has 33 heavy (non-hydrogen) atoms. The van der Waals surface area contributed by atoms with Crippen LogP contribution in [0, 0.1) is 23.1 Å². The highest BCUT2D eigenvalue weighted by molar-refractivity contribution is 8.15. The zero-order valence-corrected chi connectivity index (χ0v) is 18.7. The summed E-state index contributed by atoms with van der Waals surface area (Å²) in [5.41, 5.74) is 6.21. The molecule has 168 valence electrons. The summed E-state index contributed by atoms with van der Waals surface area (Å²) in [6.07, 6.45) is 4.10. The van der Waals surface area contributed by atoms with Crippen molar-refractivity contribution in [1.82, 2.24) is 9.88 Å². The number of thioether (sulfide) groups is 1. The van der Waals surface area contributed by atoms with Crippen molar-refractivity contribution in [1.29, 1.82) is 5.26 Å². The number of benzene rings is 1. The van der Waals surface area contributed by atoms with E-state index in [1.54, 1.807) is 13.0 Å². The predicted molar refractivity (Wildman–Crippen MR) is 123 cm³/mol. The van der Waals surface area contributed by atoms with Gasteiger partial charge >= 0.3 is 0 Å². The van der Waals surface area contributed by atoms with Crippen LogP contribution in [0.4, 0.5) is 8.78 Å². The van der Waals surface area contributed by atoms with Gasteiger partial charge in [0.1, 0.15) is 22.5 Å². The second-order valence-corrected chi connectivity index (χ2v) is 10.1. The molecule has 1 aromatic heterocycles. The number of nitrogens with two attached hydrogens (primary N) is 1. The number of amides is 1. The molecule has 1 saturated carbocycles. The molecule has 0 bridgehead atoms. The molecule has 3 atom stereocenters. The first-order valence-electron chi connectivity index (χ1n) is 10.6. The molecule has 3 heterocycles. The first kappa shape index (κ1) is 21.6. The fourth-order valence-electron chi connectivity index (χ4n) is 4.68. The molecular weight excluding hydrogens is 444 g/mol. The van der Waals surface area contributed by atoms with E-state index in [0.717, 1.165) is 19.5 Å². The number of aromatic nitrogens is 1. The van der Waals surface area contributed by atoms with Gasteiger partial charge in [0.25, 0.3) is 0 Å². The summed E-state index contributed by atoms with van der Waals surface area (Å²) in [6, 6.07) is 9.14. The summed E-state index contributed by atoms with van der Waals surface area (Å²) in [4.78, 5) is 23.5. The van der Waals surface area contributed by atoms with Crippen LogP contribution in [0.25, 0.3) is 11.9 Å². The Morgan fingerprint density at radius 1 is 1.36 bits per heavy atom. The average Bonchev–Trinajstić information content (AvgIpc) is 3.50. The lowest BCUT2D eigenvalue weighted by Crippen LogP contribution is -2.51. The maximum absolute atomic E-state index is 15.1. The number of nitriles is 1. The topological polar surface area (TPSA) is 95.4 Å². The van der Waals surface area contributed by atoms with E-state index in [4.69, 9.17) is 11.0 Å². The number of amidine groups is 1. The van der Waals surface area contributed by atoms with Gasteiger partial charge in [-0.1, -0.05) is 17.8 Å². The minimum absolute atomic E-state index is 0.0437. The maximum Gasteiger partial charge on any atom is 0.239 e. The zero-order chi connectivity index (χ0) is 23.4. The fraction of sp³-hybridized carbons (Fsp3) is 0.333. The van der Waals surface area contributed by atoms with Gasteiger partial charge < -0.3 is 10.6 Å². The second kappa shape index (κ2) is 7.66. The maximum atomic E-state index is 15.1. The van der Waals surface area contributed by atoms with E-state index >= 15 is 4.39 Å². The van der Waals surface area contributed by atoms with Gasteiger partial charge in [0, 0.05) is 30.8 Å². The Labute approximate surface area is 194 Å². The third-order valence-electron chi connectivity index (χ3n) is 6.69. The van der Waals surface area contributed by atoms with Crippen LogP contribution in [0.5, 0.6) is 0 Å². The smallest absolute Gasteiger partial charge is 0.239 e. The van der Waals surface area contributed by atoms with Crippen LogP contribution in [0.15, 0.2) is 41.5 Å². The van der Waals surface area contributed by atoms with E-state index in [1.807, 2.05) is 11.0 Å². The molecule has 2 N–H and O–H groups in total. The van der Waals surface area contributed by atoms with Crippen LogP contribution in [0.1, 0.15) is 42.1 Å². The van der Waals surface area contributed by atoms with Gasteiger partial charge in [0.05, 0.1) is 16.8 Å². The lowest BCUT2D eigenvalue weighted by Gasteiger charge is -2.38. The van der Waals surface area contributed by atoms with E-state index < -0.39 is 21.9 Å². The average molecular weight is 466 g/mol. The Bertz CT molecular complexity index is 1250. The Morgan fingerprint density at radius 2 is 2.15 bits per heavy atom. The molecule has 0 radical (unpaired) electrons. The number of hydrogen-bond donors (Lipinski definition) is 1. The van der Waals surface area contributed by atoms with Gasteiger partial charge in [-0.15, -0.1) is 0 Å². The number of aliphatic imine (C=N–C) groups is 1. The molecule has 9 heteroatoms. The summed E-state index contributed by atoms with van der Waals surface area (Å²) < 4.78 is 29.1. The molecule has 1 aliphatic carbocycles. The standard InChI is InChI=1S/C24H21F2N5OS/c1-23(20-11-24(20,33-22(28)30-23)21(32)31-7-2-8-31)16-9-14(3-5-17(16)25)10-18(26)19-6-4-15(12-27)13-29-19/h3-6,9-10,13,20H,2,7-8,11H2,1H3,(H2,28,30)/t20-,23+,24-/m0/s1. The number of rotatable bonds is 4. The number of pyridine rings is 1. The van der Waals surface area contributed by atoms with Gasteiger partial charge in [0.2, 0.25) is 5.91 Å². The molecule has 0 unspecified atom stereocenters. The lowest BCUT2D eigenvalue weighted by atomic mass is 9.84. The largest absolute Gasteiger partial charge is 0.378 e. The zero-order valence-electron chi connectivity index (χ0n) is 17.9. The molecule has 1 amide bonds. The van der Waals surface area contributed by atoms with E-state index in [-0.39, 0.29) is 28.3 Å². The minimum atomic E-state index is -1.03. The SMILES string of the molecule is C[C@]1(c2cc(C=C(F)c3ccc(C#N)cn3)ccc2F)N=C(N)S[C@@]2(C(=O)N3CCC3)C[C@H]21. The van der Waals surface area contributed by atoms with E-state index in [2.05, 4.69) is 9.98 Å². The van der Waals surface area contributed by atoms with Crippen molar-refractivity contribution in [2.45, 2.75) is 30.1 Å². The summed E-state index contributed by atoms with van der Waals surface area (Å²) in [6.45, 7) is 3.26. The van der Waals surface area contributed by atoms with Crippen LogP contribution >= 0.6 is 11.8 Å². The van der Waals surface area contributed by atoms with Gasteiger partial charge in [0.15, 0.2) is 5.17 Å². The van der Waals surface area contributed by atoms with Gasteiger partial charge in [-0.3, -0.25) is 14.8 Å². The molecule has 3 aliphatic rings. The number of nitrogens with zero attached hydrogens (tertiary/aromatic N) is 4. The number of halogens is 2. The van der Waals surface area contributed by atoms with E-state index in [9.17, 15) is 9.18 Å². The van der Waals surface area contributed by atoms with Crippen LogP contribution < -0.4 is 5.73 Å². The molecule has 2 aliphatic heterocycles. The second-order valence-electron chi connectivity index (χ2n) is 8.77. The fourth-order valence-corrected chi connectivity index (χ4v) is 6.13. The number of carbonyl (C=O) groups is 1. The molecular formula is C24H21F2N5OS. The highest BCUT2D eigenvalue weighted by Crippen LogP contribution is 2.66. The van der Waals surface area contributed by atoms with Gasteiger partial charge in [-0.05, 0) is 55.7 Å². The van der Waals surface area contributed by atoms with Crippen molar-refractivity contribution in [3.8, 4) is 6.07 Å². The number of carbonyl (C=O) groups excluding carboxylic acids is 1. The van der Waals surface area contributed by atoms with Crippen molar-refractivity contribution in [3.63, 3.8) is 0 Å². The van der Waals surface area contributed by atoms with Crippen molar-refractivity contribution in [2.75, 3.05) is 13.1 Å². The van der Waals surface area contributed by atoms with E-state index in [0.29, 0.717) is 17.5 Å². The van der Waals surface area contributed by atoms with Crippen molar-refractivity contribution in [2.24, 2.45) is 16.6 Å². The molecule has 2 fully saturated rings. The molecule has 0 spiro atoms. The highest BCUT2D eigenvalue weighted by atomic mass is 32.2. The molecule has 5 rings (SSSR count). The minimum Gasteiger partial charge on any atom is -0.378 e.